The zero-order valence-corrected chi connectivity index (χ0v) is 15.7. The van der Waals surface area contributed by atoms with Gasteiger partial charge in [0.15, 0.2) is 10.8 Å². The van der Waals surface area contributed by atoms with E-state index < -0.39 is 0 Å². The van der Waals surface area contributed by atoms with Crippen LogP contribution in [0.2, 0.25) is 0 Å². The SMILES string of the molecule is CCOC(=O)C1=C2CC(NSC(C)C)CN2C(c2nccs2)=NC1. The molecule has 1 fully saturated rings. The van der Waals surface area contributed by atoms with Crippen LogP contribution < -0.4 is 4.72 Å². The van der Waals surface area contributed by atoms with E-state index in [1.54, 1.807) is 29.5 Å². The minimum Gasteiger partial charge on any atom is -0.463 e. The Morgan fingerprint density at radius 2 is 2.42 bits per heavy atom. The van der Waals surface area contributed by atoms with Gasteiger partial charge in [-0.3, -0.25) is 9.71 Å². The molecule has 0 aromatic carbocycles. The zero-order chi connectivity index (χ0) is 17.1. The number of hydrogen-bond acceptors (Lipinski definition) is 8. The number of nitrogens with zero attached hydrogens (tertiary/aromatic N) is 3. The number of carbonyl (C=O) groups is 1. The van der Waals surface area contributed by atoms with Gasteiger partial charge in [-0.05, 0) is 6.92 Å². The van der Waals surface area contributed by atoms with Crippen molar-refractivity contribution >= 4 is 35.1 Å². The van der Waals surface area contributed by atoms with Crippen molar-refractivity contribution in [3.63, 3.8) is 0 Å². The maximum Gasteiger partial charge on any atom is 0.337 e. The Morgan fingerprint density at radius 1 is 1.58 bits per heavy atom. The predicted molar refractivity (Wildman–Crippen MR) is 98.2 cm³/mol. The summed E-state index contributed by atoms with van der Waals surface area (Å²) in [5, 5.41) is 3.35. The molecule has 2 aliphatic heterocycles. The Balaban J connectivity index is 1.85. The number of ether oxygens (including phenoxy) is 1. The summed E-state index contributed by atoms with van der Waals surface area (Å²) in [5.41, 5.74) is 1.70. The van der Waals surface area contributed by atoms with Crippen LogP contribution in [0.4, 0.5) is 0 Å². The van der Waals surface area contributed by atoms with Crippen molar-refractivity contribution in [3.05, 3.63) is 27.9 Å². The highest BCUT2D eigenvalue weighted by atomic mass is 32.2. The molecule has 1 saturated heterocycles. The highest BCUT2D eigenvalue weighted by Gasteiger charge is 2.37. The van der Waals surface area contributed by atoms with E-state index in [0.717, 1.165) is 29.5 Å². The van der Waals surface area contributed by atoms with E-state index in [9.17, 15) is 4.79 Å². The maximum atomic E-state index is 12.3. The van der Waals surface area contributed by atoms with Gasteiger partial charge >= 0.3 is 5.97 Å². The molecule has 0 saturated carbocycles. The average Bonchev–Trinajstić information content (AvgIpc) is 3.21. The fourth-order valence-electron chi connectivity index (χ4n) is 2.80. The number of fused-ring (bicyclic) bond motifs is 1. The summed E-state index contributed by atoms with van der Waals surface area (Å²) in [6, 6.07) is 0.278. The van der Waals surface area contributed by atoms with E-state index in [0.29, 0.717) is 24.0 Å². The maximum absolute atomic E-state index is 12.3. The molecule has 6 nitrogen and oxygen atoms in total. The molecule has 1 aromatic rings. The highest BCUT2D eigenvalue weighted by Crippen LogP contribution is 2.32. The zero-order valence-electron chi connectivity index (χ0n) is 14.1. The predicted octanol–water partition coefficient (Wildman–Crippen LogP) is 2.44. The van der Waals surface area contributed by atoms with E-state index >= 15 is 0 Å². The summed E-state index contributed by atoms with van der Waals surface area (Å²) < 4.78 is 8.73. The van der Waals surface area contributed by atoms with Crippen LogP contribution in [0.15, 0.2) is 27.8 Å². The molecule has 1 atom stereocenters. The molecule has 2 aliphatic rings. The lowest BCUT2D eigenvalue weighted by atomic mass is 10.1. The van der Waals surface area contributed by atoms with E-state index in [4.69, 9.17) is 4.74 Å². The van der Waals surface area contributed by atoms with Gasteiger partial charge in [0.1, 0.15) is 0 Å². The van der Waals surface area contributed by atoms with Crippen molar-refractivity contribution in [2.24, 2.45) is 4.99 Å². The molecule has 1 N–H and O–H groups in total. The van der Waals surface area contributed by atoms with Crippen LogP contribution >= 0.6 is 23.3 Å². The lowest BCUT2D eigenvalue weighted by molar-refractivity contribution is -0.138. The van der Waals surface area contributed by atoms with Gasteiger partial charge in [0.2, 0.25) is 0 Å². The molecule has 1 aromatic heterocycles. The molecule has 1 unspecified atom stereocenters. The van der Waals surface area contributed by atoms with Gasteiger partial charge in [0.25, 0.3) is 0 Å². The Bertz CT molecular complexity index is 655. The van der Waals surface area contributed by atoms with Crippen molar-refractivity contribution in [1.29, 1.82) is 0 Å². The van der Waals surface area contributed by atoms with Gasteiger partial charge in [0, 0.05) is 41.5 Å². The second kappa shape index (κ2) is 7.67. The number of amidine groups is 1. The summed E-state index contributed by atoms with van der Waals surface area (Å²) in [6.45, 7) is 7.67. The van der Waals surface area contributed by atoms with Crippen molar-refractivity contribution in [3.8, 4) is 0 Å². The third-order valence-corrected chi connectivity index (χ3v) is 5.49. The Kier molecular flexibility index (Phi) is 5.57. The molecule has 8 heteroatoms. The first-order valence-electron chi connectivity index (χ1n) is 8.12. The number of nitrogens with one attached hydrogen (secondary N) is 1. The van der Waals surface area contributed by atoms with Gasteiger partial charge in [-0.1, -0.05) is 25.8 Å². The lowest BCUT2D eigenvalue weighted by Crippen LogP contribution is -2.36. The molecule has 24 heavy (non-hydrogen) atoms. The van der Waals surface area contributed by atoms with Crippen LogP contribution in [-0.2, 0) is 9.53 Å². The van der Waals surface area contributed by atoms with Gasteiger partial charge in [0.05, 0.1) is 18.7 Å². The van der Waals surface area contributed by atoms with Crippen LogP contribution in [0.3, 0.4) is 0 Å². The summed E-state index contributed by atoms with van der Waals surface area (Å²) in [7, 11) is 0. The standard InChI is InChI=1S/C16H22N4O2S2/c1-4-22-16(21)12-8-18-14(15-17-5-6-23-15)20-9-11(7-13(12)20)19-24-10(2)3/h5-6,10-11,19H,4,7-9H2,1-3H3. The topological polar surface area (TPSA) is 66.8 Å². The van der Waals surface area contributed by atoms with Crippen LogP contribution in [0.25, 0.3) is 0 Å². The van der Waals surface area contributed by atoms with E-state index in [1.165, 1.54) is 0 Å². The Hall–Kier alpha value is -1.38. The normalized spacial score (nSPS) is 20.4. The van der Waals surface area contributed by atoms with Crippen LogP contribution in [-0.4, -0.2) is 52.7 Å². The number of rotatable bonds is 6. The minimum atomic E-state index is -0.253. The van der Waals surface area contributed by atoms with Gasteiger partial charge in [-0.2, -0.15) is 0 Å². The Labute approximate surface area is 150 Å². The first kappa shape index (κ1) is 17.4. The number of esters is 1. The van der Waals surface area contributed by atoms with Gasteiger partial charge in [-0.15, -0.1) is 11.3 Å². The number of carbonyl (C=O) groups excluding carboxylic acids is 1. The number of aromatic nitrogens is 1. The smallest absolute Gasteiger partial charge is 0.337 e. The largest absolute Gasteiger partial charge is 0.463 e. The average molecular weight is 367 g/mol. The number of hydrogen-bond donors (Lipinski definition) is 1. The van der Waals surface area contributed by atoms with Crippen molar-refractivity contribution < 1.29 is 9.53 Å². The lowest BCUT2D eigenvalue weighted by Gasteiger charge is -2.26. The third-order valence-electron chi connectivity index (χ3n) is 3.78. The molecule has 130 valence electrons. The molecular weight excluding hydrogens is 344 g/mol. The third kappa shape index (κ3) is 3.65. The fourth-order valence-corrected chi connectivity index (χ4v) is 4.07. The summed E-state index contributed by atoms with van der Waals surface area (Å²) >= 11 is 3.29. The summed E-state index contributed by atoms with van der Waals surface area (Å²) in [5.74, 6) is 0.614. The van der Waals surface area contributed by atoms with Crippen LogP contribution in [0.5, 0.6) is 0 Å². The molecule has 3 heterocycles. The van der Waals surface area contributed by atoms with Gasteiger partial charge < -0.3 is 9.64 Å². The Morgan fingerprint density at radius 3 is 3.08 bits per heavy atom. The van der Waals surface area contributed by atoms with E-state index in [2.05, 4.69) is 33.4 Å². The molecule has 0 amide bonds. The fraction of sp³-hybridized carbons (Fsp3) is 0.562. The van der Waals surface area contributed by atoms with Crippen molar-refractivity contribution in [2.45, 2.75) is 38.5 Å². The summed E-state index contributed by atoms with van der Waals surface area (Å²) in [4.78, 5) is 23.4. The van der Waals surface area contributed by atoms with Crippen molar-refractivity contribution in [2.75, 3.05) is 19.7 Å². The second-order valence-corrected chi connectivity index (χ2v) is 8.23. The summed E-state index contributed by atoms with van der Waals surface area (Å²) in [6.07, 6.45) is 2.59. The first-order chi connectivity index (χ1) is 11.6. The number of aliphatic imine (C=N–C) groups is 1. The molecule has 3 rings (SSSR count). The molecule has 0 aliphatic carbocycles. The molecule has 0 radical (unpaired) electrons. The van der Waals surface area contributed by atoms with Crippen LogP contribution in [0.1, 0.15) is 32.2 Å². The van der Waals surface area contributed by atoms with E-state index in [-0.39, 0.29) is 12.0 Å². The molecule has 0 spiro atoms. The molecule has 0 bridgehead atoms. The van der Waals surface area contributed by atoms with Crippen molar-refractivity contribution in [1.82, 2.24) is 14.6 Å². The van der Waals surface area contributed by atoms with E-state index in [1.807, 2.05) is 12.3 Å². The second-order valence-electron chi connectivity index (χ2n) is 5.92. The number of thiazole rings is 1. The monoisotopic (exact) mass is 366 g/mol. The van der Waals surface area contributed by atoms with Crippen LogP contribution in [0, 0.1) is 0 Å². The van der Waals surface area contributed by atoms with Gasteiger partial charge in [-0.25, -0.2) is 9.78 Å². The quantitative estimate of drug-likeness (QED) is 0.616. The minimum absolute atomic E-state index is 0.253. The molecular formula is C16H22N4O2S2. The first-order valence-corrected chi connectivity index (χ1v) is 9.88. The highest BCUT2D eigenvalue weighted by molar-refractivity contribution is 7.98.